The SMILES string of the molecule is Cc1ccc2nc(C)c(C(=O)NNC(=O)Cn3nc(C)cc3C)cc2c1. The topological polar surface area (TPSA) is 88.9 Å². The zero-order chi connectivity index (χ0) is 18.8. The number of carbonyl (C=O) groups excluding carboxylic acids is 2. The molecule has 134 valence electrons. The average molecular weight is 351 g/mol. The third-order valence-corrected chi connectivity index (χ3v) is 4.12. The van der Waals surface area contributed by atoms with E-state index < -0.39 is 5.91 Å². The van der Waals surface area contributed by atoms with Crippen molar-refractivity contribution in [3.05, 3.63) is 58.5 Å². The van der Waals surface area contributed by atoms with Crippen LogP contribution in [0.1, 0.15) is 33.0 Å². The first-order chi connectivity index (χ1) is 12.3. The largest absolute Gasteiger partial charge is 0.271 e. The Labute approximate surface area is 151 Å². The molecule has 0 bridgehead atoms. The summed E-state index contributed by atoms with van der Waals surface area (Å²) >= 11 is 0. The molecule has 0 atom stereocenters. The van der Waals surface area contributed by atoms with Crippen molar-refractivity contribution in [2.45, 2.75) is 34.2 Å². The molecule has 1 aromatic carbocycles. The second kappa shape index (κ2) is 6.95. The van der Waals surface area contributed by atoms with Gasteiger partial charge in [-0.05, 0) is 52.0 Å². The van der Waals surface area contributed by atoms with Gasteiger partial charge in [0, 0.05) is 11.1 Å². The molecular formula is C19H21N5O2. The maximum absolute atomic E-state index is 12.4. The molecule has 0 aliphatic rings. The summed E-state index contributed by atoms with van der Waals surface area (Å²) in [7, 11) is 0. The highest BCUT2D eigenvalue weighted by Gasteiger charge is 2.13. The molecule has 7 heteroatoms. The molecule has 0 fully saturated rings. The number of pyridine rings is 1. The lowest BCUT2D eigenvalue weighted by Gasteiger charge is -2.11. The van der Waals surface area contributed by atoms with Gasteiger partial charge in [-0.25, -0.2) is 0 Å². The Hall–Kier alpha value is -3.22. The highest BCUT2D eigenvalue weighted by atomic mass is 16.2. The quantitative estimate of drug-likeness (QED) is 0.708. The highest BCUT2D eigenvalue weighted by Crippen LogP contribution is 2.18. The fraction of sp³-hybridized carbons (Fsp3) is 0.263. The lowest BCUT2D eigenvalue weighted by Crippen LogP contribution is -2.43. The van der Waals surface area contributed by atoms with E-state index in [0.717, 1.165) is 27.9 Å². The van der Waals surface area contributed by atoms with Gasteiger partial charge < -0.3 is 0 Å². The number of fused-ring (bicyclic) bond motifs is 1. The predicted octanol–water partition coefficient (Wildman–Crippen LogP) is 2.13. The number of hydrogen-bond acceptors (Lipinski definition) is 4. The smallest absolute Gasteiger partial charge is 0.271 e. The molecule has 0 radical (unpaired) electrons. The maximum atomic E-state index is 12.4. The van der Waals surface area contributed by atoms with Crippen LogP contribution in [0.5, 0.6) is 0 Å². The first-order valence-electron chi connectivity index (χ1n) is 8.32. The first kappa shape index (κ1) is 17.6. The van der Waals surface area contributed by atoms with Crippen molar-refractivity contribution in [1.82, 2.24) is 25.6 Å². The summed E-state index contributed by atoms with van der Waals surface area (Å²) in [5, 5.41) is 5.11. The highest BCUT2D eigenvalue weighted by molar-refractivity contribution is 5.99. The molecule has 2 heterocycles. The molecule has 0 unspecified atom stereocenters. The fourth-order valence-electron chi connectivity index (χ4n) is 2.83. The minimum Gasteiger partial charge on any atom is -0.271 e. The third-order valence-electron chi connectivity index (χ3n) is 4.12. The average Bonchev–Trinajstić information content (AvgIpc) is 2.89. The molecule has 2 N–H and O–H groups in total. The van der Waals surface area contributed by atoms with Crippen LogP contribution >= 0.6 is 0 Å². The standard InChI is InChI=1S/C19H21N5O2/c1-11-5-6-17-15(7-11)9-16(14(4)20-17)19(26)22-21-18(25)10-24-13(3)8-12(2)23-24/h5-9H,10H2,1-4H3,(H,21,25)(H,22,26). The van der Waals surface area contributed by atoms with Crippen molar-refractivity contribution in [3.8, 4) is 0 Å². The van der Waals surface area contributed by atoms with Gasteiger partial charge in [0.05, 0.1) is 22.5 Å². The summed E-state index contributed by atoms with van der Waals surface area (Å²) in [5.41, 5.74) is 9.55. The van der Waals surface area contributed by atoms with Gasteiger partial charge >= 0.3 is 0 Å². The number of aryl methyl sites for hydroxylation is 4. The first-order valence-corrected chi connectivity index (χ1v) is 8.32. The van der Waals surface area contributed by atoms with Gasteiger partial charge in [-0.15, -0.1) is 0 Å². The number of aromatic nitrogens is 3. The number of rotatable bonds is 3. The normalized spacial score (nSPS) is 10.8. The molecular weight excluding hydrogens is 330 g/mol. The van der Waals surface area contributed by atoms with Crippen LogP contribution in [-0.4, -0.2) is 26.6 Å². The Kier molecular flexibility index (Phi) is 4.71. The zero-order valence-corrected chi connectivity index (χ0v) is 15.3. The Morgan fingerprint density at radius 1 is 1.04 bits per heavy atom. The van der Waals surface area contributed by atoms with Gasteiger partial charge in [-0.1, -0.05) is 11.6 Å². The van der Waals surface area contributed by atoms with Crippen molar-refractivity contribution in [3.63, 3.8) is 0 Å². The molecule has 2 aromatic heterocycles. The van der Waals surface area contributed by atoms with E-state index in [1.807, 2.05) is 45.0 Å². The van der Waals surface area contributed by atoms with Crippen LogP contribution in [0.25, 0.3) is 10.9 Å². The Morgan fingerprint density at radius 2 is 1.81 bits per heavy atom. The lowest BCUT2D eigenvalue weighted by atomic mass is 10.1. The van der Waals surface area contributed by atoms with E-state index in [-0.39, 0.29) is 12.5 Å². The van der Waals surface area contributed by atoms with E-state index in [2.05, 4.69) is 20.9 Å². The number of carbonyl (C=O) groups is 2. The summed E-state index contributed by atoms with van der Waals surface area (Å²) in [5.74, 6) is -0.757. The van der Waals surface area contributed by atoms with Crippen LogP contribution in [0.2, 0.25) is 0 Å². The number of nitrogens with one attached hydrogen (secondary N) is 2. The Bertz CT molecular complexity index is 1010. The van der Waals surface area contributed by atoms with Crippen LogP contribution in [0, 0.1) is 27.7 Å². The summed E-state index contributed by atoms with van der Waals surface area (Å²) in [6, 6.07) is 9.55. The van der Waals surface area contributed by atoms with Crippen molar-refractivity contribution in [2.75, 3.05) is 0 Å². The van der Waals surface area contributed by atoms with Gasteiger partial charge in [0.1, 0.15) is 6.54 Å². The van der Waals surface area contributed by atoms with Gasteiger partial charge in [0.2, 0.25) is 0 Å². The molecule has 3 aromatic rings. The van der Waals surface area contributed by atoms with Crippen LogP contribution < -0.4 is 10.9 Å². The molecule has 0 saturated heterocycles. The predicted molar refractivity (Wildman–Crippen MR) is 98.5 cm³/mol. The number of hydrogen-bond donors (Lipinski definition) is 2. The van der Waals surface area contributed by atoms with E-state index in [4.69, 9.17) is 0 Å². The van der Waals surface area contributed by atoms with E-state index in [0.29, 0.717) is 11.3 Å². The van der Waals surface area contributed by atoms with Crippen molar-refractivity contribution in [1.29, 1.82) is 0 Å². The monoisotopic (exact) mass is 351 g/mol. The number of amides is 2. The summed E-state index contributed by atoms with van der Waals surface area (Å²) in [4.78, 5) is 28.9. The minimum absolute atomic E-state index is 0.0358. The maximum Gasteiger partial charge on any atom is 0.271 e. The molecule has 7 nitrogen and oxygen atoms in total. The number of benzene rings is 1. The zero-order valence-electron chi connectivity index (χ0n) is 15.3. The van der Waals surface area contributed by atoms with Crippen molar-refractivity contribution >= 4 is 22.7 Å². The van der Waals surface area contributed by atoms with Crippen molar-refractivity contribution < 1.29 is 9.59 Å². The molecule has 0 saturated carbocycles. The van der Waals surface area contributed by atoms with Crippen LogP contribution in [0.3, 0.4) is 0 Å². The van der Waals surface area contributed by atoms with Gasteiger partial charge in [0.15, 0.2) is 0 Å². The van der Waals surface area contributed by atoms with Gasteiger partial charge in [-0.2, -0.15) is 5.10 Å². The molecule has 0 aliphatic carbocycles. The Morgan fingerprint density at radius 3 is 2.50 bits per heavy atom. The van der Waals surface area contributed by atoms with Crippen LogP contribution in [-0.2, 0) is 11.3 Å². The summed E-state index contributed by atoms with van der Waals surface area (Å²) in [6.45, 7) is 7.52. The second-order valence-corrected chi connectivity index (χ2v) is 6.40. The van der Waals surface area contributed by atoms with E-state index in [9.17, 15) is 9.59 Å². The second-order valence-electron chi connectivity index (χ2n) is 6.40. The van der Waals surface area contributed by atoms with Crippen LogP contribution in [0.15, 0.2) is 30.3 Å². The molecule has 0 spiro atoms. The Balaban J connectivity index is 1.69. The fourth-order valence-corrected chi connectivity index (χ4v) is 2.83. The van der Waals surface area contributed by atoms with Crippen LogP contribution in [0.4, 0.5) is 0 Å². The van der Waals surface area contributed by atoms with Gasteiger partial charge in [0.25, 0.3) is 11.8 Å². The van der Waals surface area contributed by atoms with Gasteiger partial charge in [-0.3, -0.25) is 30.1 Å². The third kappa shape index (κ3) is 3.72. The molecule has 26 heavy (non-hydrogen) atoms. The summed E-state index contributed by atoms with van der Waals surface area (Å²) in [6.07, 6.45) is 0. The van der Waals surface area contributed by atoms with Crippen molar-refractivity contribution in [2.24, 2.45) is 0 Å². The number of nitrogens with zero attached hydrogens (tertiary/aromatic N) is 3. The minimum atomic E-state index is -0.403. The molecule has 2 amide bonds. The van der Waals surface area contributed by atoms with E-state index in [1.165, 1.54) is 0 Å². The lowest BCUT2D eigenvalue weighted by molar-refractivity contribution is -0.122. The number of hydrazine groups is 1. The molecule has 0 aliphatic heterocycles. The van der Waals surface area contributed by atoms with E-state index in [1.54, 1.807) is 17.7 Å². The molecule has 3 rings (SSSR count). The summed E-state index contributed by atoms with van der Waals surface area (Å²) < 4.78 is 1.59. The van der Waals surface area contributed by atoms with E-state index >= 15 is 0 Å².